The highest BCUT2D eigenvalue weighted by atomic mass is 32.2. The predicted molar refractivity (Wildman–Crippen MR) is 70.2 cm³/mol. The summed E-state index contributed by atoms with van der Waals surface area (Å²) in [5, 5.41) is 6.95. The molecule has 2 N–H and O–H groups in total. The molecule has 1 saturated carbocycles. The maximum atomic E-state index is 12.2. The van der Waals surface area contributed by atoms with Gasteiger partial charge in [0.25, 0.3) is 0 Å². The van der Waals surface area contributed by atoms with E-state index in [1.54, 1.807) is 0 Å². The normalized spacial score (nSPS) is 37.3. The summed E-state index contributed by atoms with van der Waals surface area (Å²) in [5.74, 6) is 0.135. The highest BCUT2D eigenvalue weighted by Crippen LogP contribution is 2.28. The van der Waals surface area contributed by atoms with E-state index >= 15 is 0 Å². The van der Waals surface area contributed by atoms with E-state index in [0.717, 1.165) is 6.42 Å². The zero-order valence-electron chi connectivity index (χ0n) is 10.6. The van der Waals surface area contributed by atoms with Crippen LogP contribution < -0.4 is 10.6 Å². The topological polar surface area (TPSA) is 50.4 Å². The summed E-state index contributed by atoms with van der Waals surface area (Å²) in [7, 11) is 1.89. The Labute approximate surface area is 107 Å². The molecule has 98 valence electrons. The Hall–Kier alpha value is -0.260. The van der Waals surface area contributed by atoms with Crippen molar-refractivity contribution in [2.24, 2.45) is 5.92 Å². The van der Waals surface area contributed by atoms with Gasteiger partial charge in [-0.2, -0.15) is 11.8 Å². The molecular formula is C12H22N2O2S. The van der Waals surface area contributed by atoms with E-state index in [-0.39, 0.29) is 17.9 Å². The third-order valence-corrected chi connectivity index (χ3v) is 5.04. The summed E-state index contributed by atoms with van der Waals surface area (Å²) in [5.41, 5.74) is 0. The van der Waals surface area contributed by atoms with Gasteiger partial charge in [0.1, 0.15) is 0 Å². The number of carbonyl (C=O) groups excluding carboxylic acids is 1. The SMILES string of the molecule is CNC1COCC1C(=O)NC1CCCC1SC. The van der Waals surface area contributed by atoms with E-state index < -0.39 is 0 Å². The summed E-state index contributed by atoms with van der Waals surface area (Å²) in [6.45, 7) is 1.19. The largest absolute Gasteiger partial charge is 0.379 e. The number of rotatable bonds is 4. The molecule has 0 aromatic rings. The number of ether oxygens (including phenoxy) is 1. The molecule has 1 heterocycles. The molecule has 0 aromatic heterocycles. The Morgan fingerprint density at radius 1 is 1.29 bits per heavy atom. The Morgan fingerprint density at radius 2 is 2.12 bits per heavy atom. The lowest BCUT2D eigenvalue weighted by Gasteiger charge is -2.23. The van der Waals surface area contributed by atoms with Crippen molar-refractivity contribution in [1.29, 1.82) is 0 Å². The Bertz CT molecular complexity index is 275. The first-order valence-electron chi connectivity index (χ1n) is 6.34. The molecule has 4 nitrogen and oxygen atoms in total. The van der Waals surface area contributed by atoms with E-state index in [2.05, 4.69) is 16.9 Å². The zero-order valence-corrected chi connectivity index (χ0v) is 11.4. The highest BCUT2D eigenvalue weighted by molar-refractivity contribution is 7.99. The van der Waals surface area contributed by atoms with Crippen LogP contribution in [0.4, 0.5) is 0 Å². The molecule has 0 bridgehead atoms. The molecule has 1 amide bonds. The van der Waals surface area contributed by atoms with Crippen molar-refractivity contribution in [1.82, 2.24) is 10.6 Å². The number of thioether (sulfide) groups is 1. The molecule has 0 aromatic carbocycles. The fraction of sp³-hybridized carbons (Fsp3) is 0.917. The van der Waals surface area contributed by atoms with Gasteiger partial charge < -0.3 is 15.4 Å². The smallest absolute Gasteiger partial charge is 0.227 e. The van der Waals surface area contributed by atoms with Gasteiger partial charge in [-0.1, -0.05) is 6.42 Å². The first kappa shape index (κ1) is 13.2. The Morgan fingerprint density at radius 3 is 2.82 bits per heavy atom. The number of likely N-dealkylation sites (N-methyl/N-ethyl adjacent to an activating group) is 1. The number of carbonyl (C=O) groups is 1. The summed E-state index contributed by atoms with van der Waals surface area (Å²) in [6.07, 6.45) is 5.70. The summed E-state index contributed by atoms with van der Waals surface area (Å²) >= 11 is 1.87. The van der Waals surface area contributed by atoms with E-state index in [9.17, 15) is 4.79 Å². The molecule has 1 aliphatic carbocycles. The molecule has 4 unspecified atom stereocenters. The van der Waals surface area contributed by atoms with Crippen molar-refractivity contribution in [3.63, 3.8) is 0 Å². The van der Waals surface area contributed by atoms with Gasteiger partial charge in [0.05, 0.1) is 19.1 Å². The molecule has 2 aliphatic rings. The molecule has 0 radical (unpaired) electrons. The van der Waals surface area contributed by atoms with Crippen LogP contribution in [0.15, 0.2) is 0 Å². The van der Waals surface area contributed by atoms with Gasteiger partial charge in [0.2, 0.25) is 5.91 Å². The molecule has 4 atom stereocenters. The summed E-state index contributed by atoms with van der Waals surface area (Å²) in [6, 6.07) is 0.528. The monoisotopic (exact) mass is 258 g/mol. The van der Waals surface area contributed by atoms with Crippen molar-refractivity contribution in [3.05, 3.63) is 0 Å². The van der Waals surface area contributed by atoms with Crippen molar-refractivity contribution < 1.29 is 9.53 Å². The van der Waals surface area contributed by atoms with Crippen LogP contribution in [-0.2, 0) is 9.53 Å². The third-order valence-electron chi connectivity index (χ3n) is 3.87. The van der Waals surface area contributed by atoms with Crippen LogP contribution in [0.25, 0.3) is 0 Å². The second-order valence-corrected chi connectivity index (χ2v) is 5.94. The lowest BCUT2D eigenvalue weighted by Crippen LogP contribution is -2.47. The van der Waals surface area contributed by atoms with Crippen LogP contribution in [0, 0.1) is 5.92 Å². The van der Waals surface area contributed by atoms with Crippen LogP contribution in [0.1, 0.15) is 19.3 Å². The highest BCUT2D eigenvalue weighted by Gasteiger charge is 2.36. The molecule has 2 rings (SSSR count). The van der Waals surface area contributed by atoms with Gasteiger partial charge in [0, 0.05) is 17.3 Å². The third kappa shape index (κ3) is 2.95. The van der Waals surface area contributed by atoms with Crippen molar-refractivity contribution >= 4 is 17.7 Å². The number of nitrogens with one attached hydrogen (secondary N) is 2. The van der Waals surface area contributed by atoms with E-state index in [1.165, 1.54) is 12.8 Å². The van der Waals surface area contributed by atoms with Crippen LogP contribution in [0.2, 0.25) is 0 Å². The molecule has 1 aliphatic heterocycles. The van der Waals surface area contributed by atoms with Crippen LogP contribution in [0.3, 0.4) is 0 Å². The van der Waals surface area contributed by atoms with Gasteiger partial charge in [0.15, 0.2) is 0 Å². The molecule has 5 heteroatoms. The molecule has 2 fully saturated rings. The van der Waals surface area contributed by atoms with Crippen molar-refractivity contribution in [2.45, 2.75) is 36.6 Å². The van der Waals surface area contributed by atoms with Crippen LogP contribution >= 0.6 is 11.8 Å². The van der Waals surface area contributed by atoms with Gasteiger partial charge in [-0.3, -0.25) is 4.79 Å². The van der Waals surface area contributed by atoms with Gasteiger partial charge in [-0.15, -0.1) is 0 Å². The number of hydrogen-bond acceptors (Lipinski definition) is 4. The molecular weight excluding hydrogens is 236 g/mol. The fourth-order valence-corrected chi connectivity index (χ4v) is 3.70. The standard InChI is InChI=1S/C12H22N2O2S/c1-13-10-7-16-6-8(10)12(15)14-9-4-3-5-11(9)17-2/h8-11,13H,3-7H2,1-2H3,(H,14,15). The zero-order chi connectivity index (χ0) is 12.3. The minimum atomic E-state index is -0.0249. The molecule has 17 heavy (non-hydrogen) atoms. The second kappa shape index (κ2) is 6.07. The van der Waals surface area contributed by atoms with Crippen LogP contribution in [-0.4, -0.2) is 49.8 Å². The van der Waals surface area contributed by atoms with E-state index in [1.807, 2.05) is 18.8 Å². The van der Waals surface area contributed by atoms with Crippen LogP contribution in [0.5, 0.6) is 0 Å². The fourth-order valence-electron chi connectivity index (χ4n) is 2.76. The average molecular weight is 258 g/mol. The minimum Gasteiger partial charge on any atom is -0.379 e. The maximum Gasteiger partial charge on any atom is 0.227 e. The lowest BCUT2D eigenvalue weighted by molar-refractivity contribution is -0.126. The predicted octanol–water partition coefficient (Wildman–Crippen LogP) is 0.621. The second-order valence-electron chi connectivity index (χ2n) is 4.86. The Balaban J connectivity index is 1.88. The van der Waals surface area contributed by atoms with Crippen molar-refractivity contribution in [2.75, 3.05) is 26.5 Å². The number of hydrogen-bond donors (Lipinski definition) is 2. The summed E-state index contributed by atoms with van der Waals surface area (Å²) in [4.78, 5) is 12.2. The van der Waals surface area contributed by atoms with Gasteiger partial charge in [-0.05, 0) is 26.1 Å². The van der Waals surface area contributed by atoms with Gasteiger partial charge in [-0.25, -0.2) is 0 Å². The molecule has 1 saturated heterocycles. The van der Waals surface area contributed by atoms with Gasteiger partial charge >= 0.3 is 0 Å². The Kier molecular flexibility index (Phi) is 4.70. The quantitative estimate of drug-likeness (QED) is 0.776. The van der Waals surface area contributed by atoms with E-state index in [4.69, 9.17) is 4.74 Å². The average Bonchev–Trinajstić information content (AvgIpc) is 2.96. The molecule has 0 spiro atoms. The first-order chi connectivity index (χ1) is 8.26. The summed E-state index contributed by atoms with van der Waals surface area (Å²) < 4.78 is 5.37. The minimum absolute atomic E-state index is 0.0249. The first-order valence-corrected chi connectivity index (χ1v) is 7.63. The lowest BCUT2D eigenvalue weighted by atomic mass is 10.0. The maximum absolute atomic E-state index is 12.2. The number of amides is 1. The van der Waals surface area contributed by atoms with E-state index in [0.29, 0.717) is 24.5 Å². The van der Waals surface area contributed by atoms with Crippen molar-refractivity contribution in [3.8, 4) is 0 Å².